The highest BCUT2D eigenvalue weighted by Gasteiger charge is 2.13. The second kappa shape index (κ2) is 6.30. The zero-order chi connectivity index (χ0) is 13.8. The maximum absolute atomic E-state index is 13.3. The van der Waals surface area contributed by atoms with E-state index in [1.165, 1.54) is 17.7 Å². The van der Waals surface area contributed by atoms with E-state index in [0.717, 1.165) is 11.3 Å². The number of aryl methyl sites for hydroxylation is 1. The van der Waals surface area contributed by atoms with Crippen LogP contribution in [-0.2, 0) is 13.0 Å². The molecule has 0 atom stereocenters. The third-order valence-electron chi connectivity index (χ3n) is 2.82. The molecule has 1 aromatic carbocycles. The Morgan fingerprint density at radius 2 is 2.21 bits per heavy atom. The van der Waals surface area contributed by atoms with Crippen LogP contribution in [-0.4, -0.2) is 5.91 Å². The van der Waals surface area contributed by atoms with Gasteiger partial charge in [0.25, 0.3) is 5.91 Å². The molecule has 1 heterocycles. The molecule has 19 heavy (non-hydrogen) atoms. The van der Waals surface area contributed by atoms with Crippen molar-refractivity contribution in [3.8, 4) is 0 Å². The first-order valence-electron chi connectivity index (χ1n) is 5.91. The van der Waals surface area contributed by atoms with E-state index in [9.17, 15) is 9.18 Å². The first-order chi connectivity index (χ1) is 9.13. The first kappa shape index (κ1) is 14.2. The highest BCUT2D eigenvalue weighted by molar-refractivity contribution is 9.10. The van der Waals surface area contributed by atoms with Crippen molar-refractivity contribution in [1.29, 1.82) is 0 Å². The standard InChI is InChI=1S/C14H13BrFNOS/c1-2-9-6-7-19-12(9)8-17-14(18)10-4-3-5-11(16)13(10)15/h3-7H,2,8H2,1H3,(H,17,18). The van der Waals surface area contributed by atoms with Gasteiger partial charge in [-0.2, -0.15) is 0 Å². The smallest absolute Gasteiger partial charge is 0.252 e. The maximum Gasteiger partial charge on any atom is 0.252 e. The summed E-state index contributed by atoms with van der Waals surface area (Å²) < 4.78 is 13.6. The van der Waals surface area contributed by atoms with Gasteiger partial charge in [0, 0.05) is 4.88 Å². The highest BCUT2D eigenvalue weighted by atomic mass is 79.9. The van der Waals surface area contributed by atoms with E-state index in [4.69, 9.17) is 0 Å². The van der Waals surface area contributed by atoms with Crippen molar-refractivity contribution >= 4 is 33.2 Å². The Labute approximate surface area is 123 Å². The number of hydrogen-bond donors (Lipinski definition) is 1. The normalized spacial score (nSPS) is 10.5. The second-order valence-corrected chi connectivity index (χ2v) is 5.80. The monoisotopic (exact) mass is 341 g/mol. The number of amides is 1. The number of nitrogens with one attached hydrogen (secondary N) is 1. The van der Waals surface area contributed by atoms with Crippen molar-refractivity contribution in [1.82, 2.24) is 5.32 Å². The van der Waals surface area contributed by atoms with Crippen molar-refractivity contribution in [3.63, 3.8) is 0 Å². The quantitative estimate of drug-likeness (QED) is 0.889. The van der Waals surface area contributed by atoms with Gasteiger partial charge in [0.2, 0.25) is 0 Å². The van der Waals surface area contributed by atoms with Crippen molar-refractivity contribution in [2.45, 2.75) is 19.9 Å². The molecular weight excluding hydrogens is 329 g/mol. The van der Waals surface area contributed by atoms with E-state index >= 15 is 0 Å². The molecule has 0 aliphatic heterocycles. The Kier molecular flexibility index (Phi) is 4.71. The predicted molar refractivity (Wildman–Crippen MR) is 79.0 cm³/mol. The molecule has 0 aliphatic rings. The van der Waals surface area contributed by atoms with Gasteiger partial charge in [0.1, 0.15) is 5.82 Å². The minimum atomic E-state index is -0.432. The molecule has 5 heteroatoms. The zero-order valence-electron chi connectivity index (χ0n) is 10.4. The van der Waals surface area contributed by atoms with Crippen molar-refractivity contribution in [2.24, 2.45) is 0 Å². The third-order valence-corrected chi connectivity index (χ3v) is 4.59. The van der Waals surface area contributed by atoms with Crippen LogP contribution in [0.1, 0.15) is 27.7 Å². The number of carbonyl (C=O) groups is 1. The molecule has 0 saturated heterocycles. The Balaban J connectivity index is 2.08. The van der Waals surface area contributed by atoms with E-state index in [2.05, 4.69) is 34.2 Å². The summed E-state index contributed by atoms with van der Waals surface area (Å²) in [6, 6.07) is 6.49. The molecule has 1 amide bonds. The topological polar surface area (TPSA) is 29.1 Å². The maximum atomic E-state index is 13.3. The summed E-state index contributed by atoms with van der Waals surface area (Å²) in [7, 11) is 0. The average molecular weight is 342 g/mol. The molecule has 0 fully saturated rings. The van der Waals surface area contributed by atoms with Gasteiger partial charge in [-0.1, -0.05) is 13.0 Å². The third kappa shape index (κ3) is 3.22. The summed E-state index contributed by atoms with van der Waals surface area (Å²) >= 11 is 4.71. The van der Waals surface area contributed by atoms with E-state index < -0.39 is 5.82 Å². The summed E-state index contributed by atoms with van der Waals surface area (Å²) in [5.74, 6) is -0.708. The fourth-order valence-electron chi connectivity index (χ4n) is 1.77. The molecule has 2 aromatic rings. The number of halogens is 2. The van der Waals surface area contributed by atoms with Crippen molar-refractivity contribution in [3.05, 3.63) is 55.9 Å². The largest absolute Gasteiger partial charge is 0.347 e. The minimum absolute atomic E-state index is 0.203. The van der Waals surface area contributed by atoms with Crippen LogP contribution in [0.15, 0.2) is 34.1 Å². The number of benzene rings is 1. The SMILES string of the molecule is CCc1ccsc1CNC(=O)c1cccc(F)c1Br. The van der Waals surface area contributed by atoms with Gasteiger partial charge in [0.05, 0.1) is 16.6 Å². The molecule has 1 aromatic heterocycles. The number of rotatable bonds is 4. The predicted octanol–water partition coefficient (Wildman–Crippen LogP) is 4.14. The van der Waals surface area contributed by atoms with Crippen LogP contribution in [0, 0.1) is 5.82 Å². The van der Waals surface area contributed by atoms with Crippen LogP contribution in [0.25, 0.3) is 0 Å². The summed E-state index contributed by atoms with van der Waals surface area (Å²) in [5, 5.41) is 4.83. The number of hydrogen-bond acceptors (Lipinski definition) is 2. The van der Waals surface area contributed by atoms with E-state index in [1.54, 1.807) is 17.4 Å². The van der Waals surface area contributed by atoms with Crippen molar-refractivity contribution < 1.29 is 9.18 Å². The van der Waals surface area contributed by atoms with Crippen LogP contribution in [0.4, 0.5) is 4.39 Å². The molecule has 0 unspecified atom stereocenters. The van der Waals surface area contributed by atoms with Crippen LogP contribution in [0.5, 0.6) is 0 Å². The fraction of sp³-hybridized carbons (Fsp3) is 0.214. The number of thiophene rings is 1. The lowest BCUT2D eigenvalue weighted by atomic mass is 10.2. The van der Waals surface area contributed by atoms with E-state index in [1.807, 2.05) is 5.38 Å². The van der Waals surface area contributed by atoms with Gasteiger partial charge in [-0.05, 0) is 51.5 Å². The van der Waals surface area contributed by atoms with Gasteiger partial charge >= 0.3 is 0 Å². The minimum Gasteiger partial charge on any atom is -0.347 e. The molecule has 0 bridgehead atoms. The van der Waals surface area contributed by atoms with Gasteiger partial charge < -0.3 is 5.32 Å². The Morgan fingerprint density at radius 3 is 2.95 bits per heavy atom. The Morgan fingerprint density at radius 1 is 1.42 bits per heavy atom. The first-order valence-corrected chi connectivity index (χ1v) is 7.58. The Hall–Kier alpha value is -1.20. The van der Waals surface area contributed by atoms with Crippen LogP contribution in [0.3, 0.4) is 0 Å². The molecular formula is C14H13BrFNOS. The molecule has 2 nitrogen and oxygen atoms in total. The molecule has 0 spiro atoms. The zero-order valence-corrected chi connectivity index (χ0v) is 12.8. The van der Waals surface area contributed by atoms with Crippen molar-refractivity contribution in [2.75, 3.05) is 0 Å². The molecule has 1 N–H and O–H groups in total. The highest BCUT2D eigenvalue weighted by Crippen LogP contribution is 2.21. The van der Waals surface area contributed by atoms with Crippen LogP contribution < -0.4 is 5.32 Å². The second-order valence-electron chi connectivity index (χ2n) is 4.01. The Bertz CT molecular complexity index is 597. The van der Waals surface area contributed by atoms with Gasteiger partial charge in [-0.15, -0.1) is 11.3 Å². The average Bonchev–Trinajstić information content (AvgIpc) is 2.86. The lowest BCUT2D eigenvalue weighted by Crippen LogP contribution is -2.23. The summed E-state index contributed by atoms with van der Waals surface area (Å²) in [6.45, 7) is 2.55. The van der Waals surface area contributed by atoms with Gasteiger partial charge in [-0.3, -0.25) is 4.79 Å². The lowest BCUT2D eigenvalue weighted by Gasteiger charge is -2.07. The lowest BCUT2D eigenvalue weighted by molar-refractivity contribution is 0.0950. The van der Waals surface area contributed by atoms with Crippen LogP contribution in [0.2, 0.25) is 0 Å². The molecule has 0 radical (unpaired) electrons. The molecule has 2 rings (SSSR count). The van der Waals surface area contributed by atoms with Gasteiger partial charge in [0.15, 0.2) is 0 Å². The molecule has 0 saturated carbocycles. The van der Waals surface area contributed by atoms with E-state index in [-0.39, 0.29) is 10.4 Å². The molecule has 0 aliphatic carbocycles. The fourth-order valence-corrected chi connectivity index (χ4v) is 3.13. The summed E-state index contributed by atoms with van der Waals surface area (Å²) in [5.41, 5.74) is 1.55. The summed E-state index contributed by atoms with van der Waals surface area (Å²) in [6.07, 6.45) is 0.943. The van der Waals surface area contributed by atoms with E-state index in [0.29, 0.717) is 12.1 Å². The summed E-state index contributed by atoms with van der Waals surface area (Å²) in [4.78, 5) is 13.2. The van der Waals surface area contributed by atoms with Crippen LogP contribution >= 0.6 is 27.3 Å². The van der Waals surface area contributed by atoms with Gasteiger partial charge in [-0.25, -0.2) is 4.39 Å². The molecule has 100 valence electrons. The number of carbonyl (C=O) groups excluding carboxylic acids is 1.